The summed E-state index contributed by atoms with van der Waals surface area (Å²) in [6.45, 7) is 13.2. The van der Waals surface area contributed by atoms with Crippen molar-refractivity contribution in [3.05, 3.63) is 17.9 Å². The Bertz CT molecular complexity index is 799. The molecule has 2 aliphatic rings. The van der Waals surface area contributed by atoms with Crippen molar-refractivity contribution >= 4 is 37.5 Å². The molecule has 1 amide bonds. The van der Waals surface area contributed by atoms with Crippen molar-refractivity contribution in [1.29, 1.82) is 0 Å². The lowest BCUT2D eigenvalue weighted by Gasteiger charge is -2.36. The van der Waals surface area contributed by atoms with Gasteiger partial charge < -0.3 is 23.9 Å². The van der Waals surface area contributed by atoms with Gasteiger partial charge in [-0.2, -0.15) is 11.8 Å². The third kappa shape index (κ3) is 6.27. The summed E-state index contributed by atoms with van der Waals surface area (Å²) < 4.78 is 32.4. The first kappa shape index (κ1) is 24.2. The Morgan fingerprint density at radius 2 is 1.94 bits per heavy atom. The Morgan fingerprint density at radius 3 is 2.55 bits per heavy atom. The van der Waals surface area contributed by atoms with Crippen LogP contribution < -0.4 is 15.0 Å². The van der Waals surface area contributed by atoms with Gasteiger partial charge in [-0.25, -0.2) is 9.18 Å². The van der Waals surface area contributed by atoms with Gasteiger partial charge in [0.05, 0.1) is 18.0 Å². The Morgan fingerprint density at radius 1 is 1.29 bits per heavy atom. The molecule has 0 aromatic heterocycles. The highest BCUT2D eigenvalue weighted by molar-refractivity contribution is 7.99. The molecule has 0 radical (unpaired) electrons. The number of ether oxygens (including phenoxy) is 2. The van der Waals surface area contributed by atoms with Gasteiger partial charge in [-0.1, -0.05) is 20.8 Å². The Balaban J connectivity index is 1.63. The van der Waals surface area contributed by atoms with Crippen LogP contribution in [0, 0.1) is 5.82 Å². The fourth-order valence-electron chi connectivity index (χ4n) is 3.07. The van der Waals surface area contributed by atoms with E-state index in [1.165, 1.54) is 6.07 Å². The van der Waals surface area contributed by atoms with E-state index in [0.717, 1.165) is 24.6 Å². The maximum atomic E-state index is 14.7. The monoisotopic (exact) mass is 472 g/mol. The fourth-order valence-corrected chi connectivity index (χ4v) is 4.99. The SMILES string of the molecule is CC(C)(C)[Si](C)(C)OC[C@H]1O[C@H]1COc1cc(N2CCSCC2)c(F)cc1NC(=O)O. The highest BCUT2D eigenvalue weighted by Crippen LogP contribution is 2.38. The minimum atomic E-state index is -1.85. The standard InChI is InChI=1S/C21H33FN2O5SSi/c1-21(2,3)31(4,5)28-13-19-18(29-19)12-27-17-11-16(24-6-8-30-9-7-24)14(22)10-15(17)23-20(25)26/h10-11,18-19,23H,6-9,12-13H2,1-5H3,(H,25,26)/t18-,19+/m0/s1. The molecule has 31 heavy (non-hydrogen) atoms. The van der Waals surface area contributed by atoms with Gasteiger partial charge in [0.2, 0.25) is 0 Å². The van der Waals surface area contributed by atoms with E-state index in [4.69, 9.17) is 19.0 Å². The second-order valence-electron chi connectivity index (χ2n) is 9.42. The third-order valence-electron chi connectivity index (χ3n) is 6.15. The van der Waals surface area contributed by atoms with E-state index in [1.807, 2.05) is 16.7 Å². The lowest BCUT2D eigenvalue weighted by molar-refractivity contribution is 0.209. The molecule has 2 N–H and O–H groups in total. The number of carboxylic acid groups (broad SMARTS) is 1. The molecule has 10 heteroatoms. The van der Waals surface area contributed by atoms with Crippen LogP contribution in [0.1, 0.15) is 20.8 Å². The van der Waals surface area contributed by atoms with Gasteiger partial charge in [-0.3, -0.25) is 5.32 Å². The molecule has 0 aliphatic carbocycles. The van der Waals surface area contributed by atoms with Crippen LogP contribution in [0.3, 0.4) is 0 Å². The lowest BCUT2D eigenvalue weighted by atomic mass is 10.2. The minimum absolute atomic E-state index is 0.0379. The van der Waals surface area contributed by atoms with E-state index in [0.29, 0.717) is 18.0 Å². The first-order chi connectivity index (χ1) is 14.5. The molecule has 0 saturated carbocycles. The maximum Gasteiger partial charge on any atom is 0.409 e. The molecule has 0 spiro atoms. The largest absolute Gasteiger partial charge is 0.489 e. The zero-order chi connectivity index (χ0) is 22.8. The van der Waals surface area contributed by atoms with Crippen molar-refractivity contribution in [2.75, 3.05) is 48.0 Å². The number of hydrogen-bond donors (Lipinski definition) is 2. The molecular formula is C21H33FN2O5SSi. The average Bonchev–Trinajstić information content (AvgIpc) is 3.44. The summed E-state index contributed by atoms with van der Waals surface area (Å²) in [6.07, 6.45) is -1.43. The molecule has 1 aromatic carbocycles. The van der Waals surface area contributed by atoms with Crippen LogP contribution in [0.15, 0.2) is 12.1 Å². The summed E-state index contributed by atoms with van der Waals surface area (Å²) >= 11 is 1.83. The smallest absolute Gasteiger partial charge is 0.409 e. The number of hydrogen-bond acceptors (Lipinski definition) is 6. The van der Waals surface area contributed by atoms with E-state index in [2.05, 4.69) is 39.2 Å². The molecule has 2 saturated heterocycles. The number of nitrogens with zero attached hydrogens (tertiary/aromatic N) is 1. The summed E-state index contributed by atoms with van der Waals surface area (Å²) in [5, 5.41) is 11.5. The fraction of sp³-hybridized carbons (Fsp3) is 0.667. The summed E-state index contributed by atoms with van der Waals surface area (Å²) in [5.74, 6) is 1.69. The van der Waals surface area contributed by atoms with Gasteiger partial charge in [0, 0.05) is 36.7 Å². The molecule has 1 aromatic rings. The van der Waals surface area contributed by atoms with E-state index < -0.39 is 20.2 Å². The summed E-state index contributed by atoms with van der Waals surface area (Å²) in [6, 6.07) is 2.77. The molecule has 2 heterocycles. The quantitative estimate of drug-likeness (QED) is 0.421. The van der Waals surface area contributed by atoms with Crippen molar-refractivity contribution in [3.63, 3.8) is 0 Å². The van der Waals surface area contributed by atoms with Crippen LogP contribution in [-0.4, -0.2) is 69.5 Å². The van der Waals surface area contributed by atoms with Crippen molar-refractivity contribution in [2.24, 2.45) is 0 Å². The number of thioether (sulfide) groups is 1. The predicted molar refractivity (Wildman–Crippen MR) is 125 cm³/mol. The molecule has 2 fully saturated rings. The number of nitrogens with one attached hydrogen (secondary N) is 1. The molecule has 0 bridgehead atoms. The molecule has 7 nitrogen and oxygen atoms in total. The Kier molecular flexibility index (Phi) is 7.45. The second kappa shape index (κ2) is 9.56. The van der Waals surface area contributed by atoms with Crippen molar-refractivity contribution in [3.8, 4) is 5.75 Å². The number of carbonyl (C=O) groups is 1. The average molecular weight is 473 g/mol. The first-order valence-corrected chi connectivity index (χ1v) is 14.6. The molecule has 174 valence electrons. The number of benzene rings is 1. The summed E-state index contributed by atoms with van der Waals surface area (Å²) in [7, 11) is -1.85. The Labute approximate surface area is 188 Å². The van der Waals surface area contributed by atoms with Gasteiger partial charge in [-0.15, -0.1) is 0 Å². The second-order valence-corrected chi connectivity index (χ2v) is 15.5. The first-order valence-electron chi connectivity index (χ1n) is 10.6. The van der Waals surface area contributed by atoms with Crippen LogP contribution in [0.2, 0.25) is 18.1 Å². The molecule has 2 atom stereocenters. The van der Waals surface area contributed by atoms with Crippen molar-refractivity contribution in [2.45, 2.75) is 51.1 Å². The molecule has 2 aliphatic heterocycles. The van der Waals surface area contributed by atoms with Crippen LogP contribution in [-0.2, 0) is 9.16 Å². The van der Waals surface area contributed by atoms with Gasteiger partial charge in [0.15, 0.2) is 8.32 Å². The van der Waals surface area contributed by atoms with Crippen molar-refractivity contribution in [1.82, 2.24) is 0 Å². The normalized spacial score (nSPS) is 21.7. The number of halogens is 1. The van der Waals surface area contributed by atoms with E-state index in [1.54, 1.807) is 6.07 Å². The van der Waals surface area contributed by atoms with E-state index in [-0.39, 0.29) is 29.5 Å². The minimum Gasteiger partial charge on any atom is -0.489 e. The van der Waals surface area contributed by atoms with Gasteiger partial charge in [0.25, 0.3) is 0 Å². The highest BCUT2D eigenvalue weighted by atomic mass is 32.2. The molecular weight excluding hydrogens is 439 g/mol. The molecule has 0 unspecified atom stereocenters. The number of rotatable bonds is 8. The number of amides is 1. The number of anilines is 2. The van der Waals surface area contributed by atoms with Gasteiger partial charge in [0.1, 0.15) is 30.4 Å². The topological polar surface area (TPSA) is 83.6 Å². The van der Waals surface area contributed by atoms with Crippen LogP contribution in [0.25, 0.3) is 0 Å². The molecule has 3 rings (SSSR count). The maximum absolute atomic E-state index is 14.7. The summed E-state index contributed by atoms with van der Waals surface area (Å²) in [5.41, 5.74) is 0.524. The van der Waals surface area contributed by atoms with Gasteiger partial charge >= 0.3 is 6.09 Å². The summed E-state index contributed by atoms with van der Waals surface area (Å²) in [4.78, 5) is 13.1. The number of epoxide rings is 1. The van der Waals surface area contributed by atoms with Crippen LogP contribution >= 0.6 is 11.8 Å². The Hall–Kier alpha value is -1.49. The zero-order valence-electron chi connectivity index (χ0n) is 18.9. The van der Waals surface area contributed by atoms with Crippen LogP contribution in [0.4, 0.5) is 20.6 Å². The van der Waals surface area contributed by atoms with E-state index in [9.17, 15) is 9.18 Å². The predicted octanol–water partition coefficient (Wildman–Crippen LogP) is 4.64. The highest BCUT2D eigenvalue weighted by Gasteiger charge is 2.44. The van der Waals surface area contributed by atoms with Crippen molar-refractivity contribution < 1.29 is 28.2 Å². The third-order valence-corrected chi connectivity index (χ3v) is 11.6. The lowest BCUT2D eigenvalue weighted by Crippen LogP contribution is -2.41. The zero-order valence-corrected chi connectivity index (χ0v) is 20.7. The van der Waals surface area contributed by atoms with Crippen LogP contribution in [0.5, 0.6) is 5.75 Å². The van der Waals surface area contributed by atoms with E-state index >= 15 is 0 Å². The van der Waals surface area contributed by atoms with Gasteiger partial charge in [-0.05, 0) is 18.1 Å².